The van der Waals surface area contributed by atoms with Crippen LogP contribution in [-0.4, -0.2) is 41.1 Å². The van der Waals surface area contributed by atoms with Gasteiger partial charge in [0.05, 0.1) is 7.11 Å². The minimum atomic E-state index is -0.0253. The zero-order valence-electron chi connectivity index (χ0n) is 17.5. The molecule has 0 aliphatic carbocycles. The minimum absolute atomic E-state index is 0.0253. The fourth-order valence-electron chi connectivity index (χ4n) is 3.65. The number of hydrogen-bond donors (Lipinski definition) is 0. The number of nitrogens with zero attached hydrogens (tertiary/aromatic N) is 3. The summed E-state index contributed by atoms with van der Waals surface area (Å²) in [5, 5.41) is 4.54. The number of aryl methyl sites for hydroxylation is 1. The Morgan fingerprint density at radius 2 is 1.90 bits per heavy atom. The summed E-state index contributed by atoms with van der Waals surface area (Å²) in [6.07, 6.45) is 1.60. The van der Waals surface area contributed by atoms with E-state index in [4.69, 9.17) is 25.6 Å². The molecule has 1 saturated heterocycles. The van der Waals surface area contributed by atoms with E-state index in [1.54, 1.807) is 25.3 Å². The molecule has 3 aromatic rings. The molecule has 0 bridgehead atoms. The standard InChI is InChI=1S/C23H24ClN3O4/c1-15-25-22(31-26-15)17-9-11-27(12-10-17)23(28)18-5-8-20(21(13-18)29-2)30-14-16-3-6-19(24)7-4-16/h3-8,13,17H,9-12,14H2,1-2H3. The molecule has 2 heterocycles. The third-order valence-corrected chi connectivity index (χ3v) is 5.64. The molecule has 0 radical (unpaired) electrons. The van der Waals surface area contributed by atoms with E-state index in [1.807, 2.05) is 36.1 Å². The van der Waals surface area contributed by atoms with Crippen LogP contribution in [0.15, 0.2) is 47.0 Å². The molecular weight excluding hydrogens is 418 g/mol. The number of piperidine rings is 1. The average molecular weight is 442 g/mol. The Kier molecular flexibility index (Phi) is 6.42. The van der Waals surface area contributed by atoms with Crippen molar-refractivity contribution in [2.24, 2.45) is 0 Å². The minimum Gasteiger partial charge on any atom is -0.493 e. The lowest BCUT2D eigenvalue weighted by atomic mass is 9.96. The third-order valence-electron chi connectivity index (χ3n) is 5.39. The highest BCUT2D eigenvalue weighted by atomic mass is 35.5. The molecule has 4 rings (SSSR count). The van der Waals surface area contributed by atoms with Gasteiger partial charge in [0.25, 0.3) is 5.91 Å². The predicted molar refractivity (Wildman–Crippen MR) is 116 cm³/mol. The van der Waals surface area contributed by atoms with Gasteiger partial charge >= 0.3 is 0 Å². The normalized spacial score (nSPS) is 14.5. The van der Waals surface area contributed by atoms with Crippen molar-refractivity contribution in [2.75, 3.05) is 20.2 Å². The van der Waals surface area contributed by atoms with Crippen LogP contribution in [0.2, 0.25) is 5.02 Å². The number of carbonyl (C=O) groups is 1. The lowest BCUT2D eigenvalue weighted by molar-refractivity contribution is 0.0704. The summed E-state index contributed by atoms with van der Waals surface area (Å²) in [4.78, 5) is 19.2. The molecule has 7 nitrogen and oxygen atoms in total. The SMILES string of the molecule is COc1cc(C(=O)N2CCC(c3nc(C)no3)CC2)ccc1OCc1ccc(Cl)cc1. The lowest BCUT2D eigenvalue weighted by Gasteiger charge is -2.30. The predicted octanol–water partition coefficient (Wildman–Crippen LogP) is 4.64. The van der Waals surface area contributed by atoms with Crippen LogP contribution in [0.4, 0.5) is 0 Å². The van der Waals surface area contributed by atoms with Crippen molar-refractivity contribution in [3.8, 4) is 11.5 Å². The van der Waals surface area contributed by atoms with Crippen molar-refractivity contribution in [3.63, 3.8) is 0 Å². The van der Waals surface area contributed by atoms with E-state index in [1.165, 1.54) is 0 Å². The van der Waals surface area contributed by atoms with E-state index in [-0.39, 0.29) is 11.8 Å². The van der Waals surface area contributed by atoms with E-state index in [0.717, 1.165) is 18.4 Å². The van der Waals surface area contributed by atoms with Crippen molar-refractivity contribution in [2.45, 2.75) is 32.3 Å². The third kappa shape index (κ3) is 4.99. The Hall–Kier alpha value is -3.06. The van der Waals surface area contributed by atoms with Crippen molar-refractivity contribution >= 4 is 17.5 Å². The number of benzene rings is 2. The Balaban J connectivity index is 1.38. The maximum absolute atomic E-state index is 13.0. The first-order valence-electron chi connectivity index (χ1n) is 10.2. The van der Waals surface area contributed by atoms with E-state index in [9.17, 15) is 4.79 Å². The van der Waals surface area contributed by atoms with Gasteiger partial charge in [-0.05, 0) is 55.7 Å². The highest BCUT2D eigenvalue weighted by Gasteiger charge is 2.28. The molecule has 2 aromatic carbocycles. The number of aromatic nitrogens is 2. The summed E-state index contributed by atoms with van der Waals surface area (Å²) in [6, 6.07) is 12.7. The number of methoxy groups -OCH3 is 1. The summed E-state index contributed by atoms with van der Waals surface area (Å²) < 4.78 is 16.6. The Bertz CT molecular complexity index is 1040. The van der Waals surface area contributed by atoms with Gasteiger partial charge in [0.2, 0.25) is 5.89 Å². The zero-order valence-corrected chi connectivity index (χ0v) is 18.3. The van der Waals surface area contributed by atoms with Gasteiger partial charge in [-0.1, -0.05) is 28.9 Å². The Labute approximate surface area is 185 Å². The molecule has 1 aliphatic heterocycles. The number of rotatable bonds is 6. The summed E-state index contributed by atoms with van der Waals surface area (Å²) >= 11 is 5.92. The number of ether oxygens (including phenoxy) is 2. The summed E-state index contributed by atoms with van der Waals surface area (Å²) in [5.74, 6) is 2.58. The number of amides is 1. The number of carbonyl (C=O) groups excluding carboxylic acids is 1. The van der Waals surface area contributed by atoms with Crippen molar-refractivity contribution in [3.05, 3.63) is 70.3 Å². The van der Waals surface area contributed by atoms with Crippen molar-refractivity contribution in [1.82, 2.24) is 15.0 Å². The van der Waals surface area contributed by atoms with Crippen LogP contribution in [0.1, 0.15) is 46.4 Å². The molecule has 1 aromatic heterocycles. The largest absolute Gasteiger partial charge is 0.493 e. The molecule has 0 spiro atoms. The summed E-state index contributed by atoms with van der Waals surface area (Å²) in [7, 11) is 1.57. The lowest BCUT2D eigenvalue weighted by Crippen LogP contribution is -2.38. The second-order valence-electron chi connectivity index (χ2n) is 7.53. The van der Waals surface area contributed by atoms with Gasteiger partial charge in [0.15, 0.2) is 17.3 Å². The summed E-state index contributed by atoms with van der Waals surface area (Å²) in [6.45, 7) is 3.47. The van der Waals surface area contributed by atoms with Gasteiger partial charge in [-0.2, -0.15) is 4.98 Å². The van der Waals surface area contributed by atoms with Crippen LogP contribution in [0.5, 0.6) is 11.5 Å². The van der Waals surface area contributed by atoms with Gasteiger partial charge < -0.3 is 18.9 Å². The number of likely N-dealkylation sites (tertiary alicyclic amines) is 1. The van der Waals surface area contributed by atoms with Crippen molar-refractivity contribution < 1.29 is 18.8 Å². The molecular formula is C23H24ClN3O4. The molecule has 0 atom stereocenters. The first kappa shape index (κ1) is 21.2. The number of hydrogen-bond acceptors (Lipinski definition) is 6. The average Bonchev–Trinajstić information content (AvgIpc) is 3.24. The molecule has 0 saturated carbocycles. The Morgan fingerprint density at radius 3 is 2.55 bits per heavy atom. The quantitative estimate of drug-likeness (QED) is 0.554. The van der Waals surface area contributed by atoms with Crippen LogP contribution in [-0.2, 0) is 6.61 Å². The van der Waals surface area contributed by atoms with Crippen LogP contribution in [0, 0.1) is 6.92 Å². The second kappa shape index (κ2) is 9.39. The van der Waals surface area contributed by atoms with Gasteiger partial charge in [-0.3, -0.25) is 4.79 Å². The van der Waals surface area contributed by atoms with Gasteiger partial charge in [-0.15, -0.1) is 0 Å². The molecule has 162 valence electrons. The van der Waals surface area contributed by atoms with E-state index < -0.39 is 0 Å². The van der Waals surface area contributed by atoms with Crippen LogP contribution < -0.4 is 9.47 Å². The molecule has 8 heteroatoms. The van der Waals surface area contributed by atoms with Gasteiger partial charge in [0, 0.05) is 29.6 Å². The molecule has 1 aliphatic rings. The fraction of sp³-hybridized carbons (Fsp3) is 0.348. The second-order valence-corrected chi connectivity index (χ2v) is 7.96. The first-order valence-corrected chi connectivity index (χ1v) is 10.6. The maximum atomic E-state index is 13.0. The smallest absolute Gasteiger partial charge is 0.253 e. The highest BCUT2D eigenvalue weighted by Crippen LogP contribution is 2.31. The summed E-state index contributed by atoms with van der Waals surface area (Å²) in [5.41, 5.74) is 1.56. The van der Waals surface area contributed by atoms with Crippen LogP contribution in [0.25, 0.3) is 0 Å². The van der Waals surface area contributed by atoms with E-state index in [2.05, 4.69) is 10.1 Å². The molecule has 0 unspecified atom stereocenters. The fourth-order valence-corrected chi connectivity index (χ4v) is 3.78. The van der Waals surface area contributed by atoms with Crippen molar-refractivity contribution in [1.29, 1.82) is 0 Å². The van der Waals surface area contributed by atoms with Crippen LogP contribution >= 0.6 is 11.6 Å². The highest BCUT2D eigenvalue weighted by molar-refractivity contribution is 6.30. The number of halogens is 1. The molecule has 0 N–H and O–H groups in total. The van der Waals surface area contributed by atoms with Gasteiger partial charge in [-0.25, -0.2) is 0 Å². The van der Waals surface area contributed by atoms with Crippen LogP contribution in [0.3, 0.4) is 0 Å². The zero-order chi connectivity index (χ0) is 21.8. The van der Waals surface area contributed by atoms with E-state index in [0.29, 0.717) is 53.5 Å². The first-order chi connectivity index (χ1) is 15.0. The molecule has 1 amide bonds. The molecule has 31 heavy (non-hydrogen) atoms. The maximum Gasteiger partial charge on any atom is 0.253 e. The topological polar surface area (TPSA) is 77.7 Å². The van der Waals surface area contributed by atoms with E-state index >= 15 is 0 Å². The monoisotopic (exact) mass is 441 g/mol. The van der Waals surface area contributed by atoms with Gasteiger partial charge in [0.1, 0.15) is 6.61 Å². The molecule has 1 fully saturated rings. The Morgan fingerprint density at radius 1 is 1.16 bits per heavy atom.